The number of hydrogen-bond acceptors (Lipinski definition) is 4. The Kier molecular flexibility index (Phi) is 4.01. The van der Waals surface area contributed by atoms with Crippen molar-refractivity contribution in [1.82, 2.24) is 10.2 Å². The van der Waals surface area contributed by atoms with E-state index in [9.17, 15) is 9.90 Å². The van der Waals surface area contributed by atoms with Crippen LogP contribution in [0, 0.1) is 0 Å². The summed E-state index contributed by atoms with van der Waals surface area (Å²) in [4.78, 5) is 13.8. The Balaban J connectivity index is 2.07. The Labute approximate surface area is 102 Å². The molecule has 5 nitrogen and oxygen atoms in total. The van der Waals surface area contributed by atoms with Crippen LogP contribution in [-0.2, 0) is 9.53 Å². The lowest BCUT2D eigenvalue weighted by Gasteiger charge is -2.46. The molecule has 0 radical (unpaired) electrons. The number of nitrogens with one attached hydrogen (secondary N) is 1. The fourth-order valence-corrected chi connectivity index (χ4v) is 3.06. The van der Waals surface area contributed by atoms with Crippen molar-refractivity contribution in [2.45, 2.75) is 37.3 Å². The molecule has 17 heavy (non-hydrogen) atoms. The van der Waals surface area contributed by atoms with Crippen LogP contribution in [0.3, 0.4) is 0 Å². The van der Waals surface area contributed by atoms with E-state index < -0.39 is 11.5 Å². The van der Waals surface area contributed by atoms with E-state index in [0.717, 1.165) is 39.0 Å². The summed E-state index contributed by atoms with van der Waals surface area (Å²) in [7, 11) is 1.71. The molecule has 1 heterocycles. The monoisotopic (exact) mass is 242 g/mol. The minimum atomic E-state index is -0.658. The molecule has 0 bridgehead atoms. The third-order valence-electron chi connectivity index (χ3n) is 4.21. The number of rotatable bonds is 3. The second-order valence-corrected chi connectivity index (χ2v) is 5.01. The van der Waals surface area contributed by atoms with Gasteiger partial charge in [0.25, 0.3) is 0 Å². The fourth-order valence-electron chi connectivity index (χ4n) is 3.06. The first-order chi connectivity index (χ1) is 8.19. The number of hydrogen-bond donors (Lipinski definition) is 2. The zero-order valence-electron chi connectivity index (χ0n) is 10.4. The molecule has 0 aromatic carbocycles. The van der Waals surface area contributed by atoms with Crippen molar-refractivity contribution < 1.29 is 14.6 Å². The molecule has 0 atom stereocenters. The van der Waals surface area contributed by atoms with Crippen LogP contribution in [0.1, 0.15) is 25.7 Å². The van der Waals surface area contributed by atoms with Gasteiger partial charge in [-0.3, -0.25) is 9.69 Å². The van der Waals surface area contributed by atoms with E-state index >= 15 is 0 Å². The van der Waals surface area contributed by atoms with Gasteiger partial charge in [-0.05, 0) is 25.7 Å². The van der Waals surface area contributed by atoms with Gasteiger partial charge in [-0.2, -0.15) is 0 Å². The number of ether oxygens (including phenoxy) is 1. The Hall–Kier alpha value is -0.650. The van der Waals surface area contributed by atoms with Gasteiger partial charge >= 0.3 is 5.97 Å². The summed E-state index contributed by atoms with van der Waals surface area (Å²) in [6.45, 7) is 3.46. The lowest BCUT2D eigenvalue weighted by molar-refractivity contribution is -0.157. The highest BCUT2D eigenvalue weighted by Gasteiger charge is 2.46. The van der Waals surface area contributed by atoms with E-state index in [1.807, 2.05) is 0 Å². The maximum atomic E-state index is 11.7. The Morgan fingerprint density at radius 3 is 2.41 bits per heavy atom. The van der Waals surface area contributed by atoms with Gasteiger partial charge in [-0.1, -0.05) is 0 Å². The Morgan fingerprint density at radius 1 is 1.35 bits per heavy atom. The molecule has 0 unspecified atom stereocenters. The molecular weight excluding hydrogens is 220 g/mol. The zero-order valence-corrected chi connectivity index (χ0v) is 10.4. The maximum absolute atomic E-state index is 11.7. The minimum Gasteiger partial charge on any atom is -0.480 e. The summed E-state index contributed by atoms with van der Waals surface area (Å²) in [6.07, 6.45) is 3.37. The van der Waals surface area contributed by atoms with Crippen molar-refractivity contribution in [2.75, 3.05) is 33.3 Å². The molecule has 2 rings (SSSR count). The van der Waals surface area contributed by atoms with Crippen LogP contribution in [0.25, 0.3) is 0 Å². The number of carboxylic acids is 1. The number of aliphatic carboxylic acids is 1. The zero-order chi connectivity index (χ0) is 12.3. The largest absolute Gasteiger partial charge is 0.480 e. The third kappa shape index (κ3) is 2.46. The molecule has 98 valence electrons. The van der Waals surface area contributed by atoms with Crippen LogP contribution < -0.4 is 5.32 Å². The highest BCUT2D eigenvalue weighted by molar-refractivity contribution is 5.79. The van der Waals surface area contributed by atoms with Crippen molar-refractivity contribution in [1.29, 1.82) is 0 Å². The van der Waals surface area contributed by atoms with Crippen molar-refractivity contribution in [2.24, 2.45) is 0 Å². The highest BCUT2D eigenvalue weighted by Crippen LogP contribution is 2.35. The molecule has 5 heteroatoms. The maximum Gasteiger partial charge on any atom is 0.324 e. The molecule has 1 saturated carbocycles. The summed E-state index contributed by atoms with van der Waals surface area (Å²) in [5.41, 5.74) is -0.642. The van der Waals surface area contributed by atoms with Crippen LogP contribution in [0.15, 0.2) is 0 Å². The predicted octanol–water partition coefficient (Wildman–Crippen LogP) is 0.304. The van der Waals surface area contributed by atoms with Gasteiger partial charge in [0.05, 0.1) is 6.10 Å². The molecule has 1 aliphatic heterocycles. The average molecular weight is 242 g/mol. The van der Waals surface area contributed by atoms with E-state index in [1.165, 1.54) is 0 Å². The smallest absolute Gasteiger partial charge is 0.324 e. The molecule has 0 spiro atoms. The molecule has 0 aromatic heterocycles. The molecular formula is C12H22N2O3. The van der Waals surface area contributed by atoms with Crippen LogP contribution in [-0.4, -0.2) is 60.9 Å². The predicted molar refractivity (Wildman–Crippen MR) is 64.1 cm³/mol. The van der Waals surface area contributed by atoms with Gasteiger partial charge in [0.2, 0.25) is 0 Å². The van der Waals surface area contributed by atoms with Crippen molar-refractivity contribution in [3.05, 3.63) is 0 Å². The standard InChI is InChI=1S/C12H22N2O3/c1-17-10-2-4-12(5-3-10,11(15)16)14-8-6-13-7-9-14/h10,13H,2-9H2,1H3,(H,15,16). The molecule has 0 aromatic rings. The van der Waals surface area contributed by atoms with Gasteiger partial charge < -0.3 is 15.2 Å². The summed E-state index contributed by atoms with van der Waals surface area (Å²) in [5.74, 6) is -0.658. The van der Waals surface area contributed by atoms with E-state index in [0.29, 0.717) is 12.8 Å². The first-order valence-corrected chi connectivity index (χ1v) is 6.41. The summed E-state index contributed by atoms with van der Waals surface area (Å²) < 4.78 is 5.33. The number of carbonyl (C=O) groups is 1. The van der Waals surface area contributed by atoms with Crippen molar-refractivity contribution in [3.63, 3.8) is 0 Å². The van der Waals surface area contributed by atoms with E-state index in [4.69, 9.17) is 4.74 Å². The Bertz CT molecular complexity index is 269. The van der Waals surface area contributed by atoms with Gasteiger partial charge in [0, 0.05) is 33.3 Å². The number of nitrogens with zero attached hydrogens (tertiary/aromatic N) is 1. The second kappa shape index (κ2) is 5.33. The number of carboxylic acid groups (broad SMARTS) is 1. The summed E-state index contributed by atoms with van der Waals surface area (Å²) in [5, 5.41) is 12.9. The lowest BCUT2D eigenvalue weighted by atomic mass is 9.78. The molecule has 1 aliphatic carbocycles. The van der Waals surface area contributed by atoms with E-state index in [-0.39, 0.29) is 6.10 Å². The van der Waals surface area contributed by atoms with Gasteiger partial charge in [0.15, 0.2) is 0 Å². The normalized spacial score (nSPS) is 35.7. The highest BCUT2D eigenvalue weighted by atomic mass is 16.5. The van der Waals surface area contributed by atoms with Crippen molar-refractivity contribution >= 4 is 5.97 Å². The first kappa shape index (κ1) is 12.8. The molecule has 2 aliphatic rings. The number of piperazine rings is 1. The van der Waals surface area contributed by atoms with Gasteiger partial charge in [0.1, 0.15) is 5.54 Å². The van der Waals surface area contributed by atoms with Crippen LogP contribution in [0.4, 0.5) is 0 Å². The first-order valence-electron chi connectivity index (χ1n) is 6.41. The average Bonchev–Trinajstić information content (AvgIpc) is 2.39. The summed E-state index contributed by atoms with van der Waals surface area (Å²) >= 11 is 0. The second-order valence-electron chi connectivity index (χ2n) is 5.01. The summed E-state index contributed by atoms with van der Waals surface area (Å²) in [6, 6.07) is 0. The van der Waals surface area contributed by atoms with Gasteiger partial charge in [-0.25, -0.2) is 0 Å². The molecule has 0 amide bonds. The molecule has 2 fully saturated rings. The number of methoxy groups -OCH3 is 1. The SMILES string of the molecule is COC1CCC(C(=O)O)(N2CCNCC2)CC1. The Morgan fingerprint density at radius 2 is 1.94 bits per heavy atom. The topological polar surface area (TPSA) is 61.8 Å². The quantitative estimate of drug-likeness (QED) is 0.745. The fraction of sp³-hybridized carbons (Fsp3) is 0.917. The van der Waals surface area contributed by atoms with E-state index in [1.54, 1.807) is 7.11 Å². The van der Waals surface area contributed by atoms with Crippen LogP contribution in [0.2, 0.25) is 0 Å². The minimum absolute atomic E-state index is 0.241. The van der Waals surface area contributed by atoms with Crippen LogP contribution >= 0.6 is 0 Å². The third-order valence-corrected chi connectivity index (χ3v) is 4.21. The molecule has 1 saturated heterocycles. The van der Waals surface area contributed by atoms with E-state index in [2.05, 4.69) is 10.2 Å². The van der Waals surface area contributed by atoms with Gasteiger partial charge in [-0.15, -0.1) is 0 Å². The molecule has 2 N–H and O–H groups in total. The van der Waals surface area contributed by atoms with Crippen molar-refractivity contribution in [3.8, 4) is 0 Å². The van der Waals surface area contributed by atoms with Crippen LogP contribution in [0.5, 0.6) is 0 Å². The lowest BCUT2D eigenvalue weighted by Crippen LogP contribution is -2.61.